The summed E-state index contributed by atoms with van der Waals surface area (Å²) < 4.78 is 0. The lowest BCUT2D eigenvalue weighted by Gasteiger charge is -2.21. The number of guanidine groups is 1. The van der Waals surface area contributed by atoms with Crippen LogP contribution in [0.3, 0.4) is 0 Å². The lowest BCUT2D eigenvalue weighted by atomic mass is 10.1. The lowest BCUT2D eigenvalue weighted by Crippen LogP contribution is -2.45. The maximum Gasteiger partial charge on any atom is 0.189 e. The molecular weight excluding hydrogens is 150 g/mol. The Bertz CT molecular complexity index is 177. The third kappa shape index (κ3) is 5.77. The summed E-state index contributed by atoms with van der Waals surface area (Å²) in [6, 6.07) is 0.0693. The van der Waals surface area contributed by atoms with Gasteiger partial charge in [-0.15, -0.1) is 6.58 Å². The molecule has 0 saturated carbocycles. The molecule has 1 unspecified atom stereocenters. The largest absolute Gasteiger partial charge is 0.370 e. The minimum Gasteiger partial charge on any atom is -0.370 e. The molecule has 0 aliphatic carbocycles. The monoisotopic (exact) mass is 169 g/mol. The van der Waals surface area contributed by atoms with Crippen molar-refractivity contribution in [3.8, 4) is 0 Å². The highest BCUT2D eigenvalue weighted by atomic mass is 15.1. The minimum atomic E-state index is -0.0333. The number of nitrogens with one attached hydrogen (secondary N) is 1. The van der Waals surface area contributed by atoms with Crippen LogP contribution in [0, 0.1) is 0 Å². The van der Waals surface area contributed by atoms with Crippen molar-refractivity contribution >= 4 is 5.96 Å². The normalized spacial score (nSPS) is 15.5. The first kappa shape index (κ1) is 11.0. The Morgan fingerprint density at radius 3 is 2.42 bits per heavy atom. The van der Waals surface area contributed by atoms with Crippen molar-refractivity contribution in [1.29, 1.82) is 0 Å². The van der Waals surface area contributed by atoms with E-state index in [1.54, 1.807) is 6.08 Å². The fraction of sp³-hybridized carbons (Fsp3) is 0.667. The van der Waals surface area contributed by atoms with Gasteiger partial charge in [-0.2, -0.15) is 0 Å². The Labute approximate surface area is 74.8 Å². The molecule has 3 nitrogen and oxygen atoms in total. The van der Waals surface area contributed by atoms with E-state index in [9.17, 15) is 0 Å². The summed E-state index contributed by atoms with van der Waals surface area (Å²) in [4.78, 5) is 4.15. The molecule has 1 atom stereocenters. The molecule has 0 saturated heterocycles. The number of rotatable bonds is 2. The predicted molar refractivity (Wildman–Crippen MR) is 54.2 cm³/mol. The zero-order valence-electron chi connectivity index (χ0n) is 8.39. The van der Waals surface area contributed by atoms with Crippen LogP contribution in [0.15, 0.2) is 17.6 Å². The fourth-order valence-electron chi connectivity index (χ4n) is 0.689. The molecule has 0 aliphatic rings. The molecule has 0 aromatic heterocycles. The highest BCUT2D eigenvalue weighted by molar-refractivity contribution is 5.78. The van der Waals surface area contributed by atoms with Crippen LogP contribution in [0.4, 0.5) is 0 Å². The first-order chi connectivity index (χ1) is 5.35. The number of hydrogen-bond donors (Lipinski definition) is 2. The van der Waals surface area contributed by atoms with Gasteiger partial charge in [-0.25, -0.2) is 4.99 Å². The van der Waals surface area contributed by atoms with Crippen LogP contribution in [0.5, 0.6) is 0 Å². The van der Waals surface area contributed by atoms with Gasteiger partial charge < -0.3 is 11.1 Å². The van der Waals surface area contributed by atoms with Gasteiger partial charge in [0.2, 0.25) is 0 Å². The molecule has 3 N–H and O–H groups in total. The lowest BCUT2D eigenvalue weighted by molar-refractivity contribution is 0.507. The van der Waals surface area contributed by atoms with E-state index in [0.717, 1.165) is 0 Å². The SMILES string of the molecule is C=CC(C)N=C(N)NC(C)(C)C. The van der Waals surface area contributed by atoms with Crippen LogP contribution in [0.2, 0.25) is 0 Å². The predicted octanol–water partition coefficient (Wildman–Crippen LogP) is 1.26. The maximum atomic E-state index is 5.63. The Balaban J connectivity index is 4.11. The van der Waals surface area contributed by atoms with Gasteiger partial charge in [-0.1, -0.05) is 6.08 Å². The van der Waals surface area contributed by atoms with Crippen LogP contribution in [-0.4, -0.2) is 17.5 Å². The Morgan fingerprint density at radius 1 is 1.58 bits per heavy atom. The molecule has 0 fully saturated rings. The van der Waals surface area contributed by atoms with Crippen molar-refractivity contribution in [1.82, 2.24) is 5.32 Å². The molecule has 0 heterocycles. The molecular formula is C9H19N3. The second-order valence-corrected chi connectivity index (χ2v) is 3.87. The Hall–Kier alpha value is -0.990. The zero-order chi connectivity index (χ0) is 9.78. The van der Waals surface area contributed by atoms with E-state index < -0.39 is 0 Å². The number of aliphatic imine (C=N–C) groups is 1. The number of hydrogen-bond acceptors (Lipinski definition) is 1. The topological polar surface area (TPSA) is 50.4 Å². The van der Waals surface area contributed by atoms with Crippen molar-refractivity contribution in [2.75, 3.05) is 0 Å². The Morgan fingerprint density at radius 2 is 2.08 bits per heavy atom. The molecule has 0 aromatic carbocycles. The van der Waals surface area contributed by atoms with Gasteiger partial charge >= 0.3 is 0 Å². The number of nitrogens with two attached hydrogens (primary N) is 1. The van der Waals surface area contributed by atoms with E-state index in [0.29, 0.717) is 5.96 Å². The summed E-state index contributed by atoms with van der Waals surface area (Å²) in [5.74, 6) is 0.468. The van der Waals surface area contributed by atoms with Crippen molar-refractivity contribution in [3.63, 3.8) is 0 Å². The van der Waals surface area contributed by atoms with Gasteiger partial charge in [0.05, 0.1) is 6.04 Å². The summed E-state index contributed by atoms with van der Waals surface area (Å²) in [5.41, 5.74) is 5.59. The minimum absolute atomic E-state index is 0.0333. The average Bonchev–Trinajstić information content (AvgIpc) is 1.82. The van der Waals surface area contributed by atoms with E-state index in [2.05, 4.69) is 16.9 Å². The smallest absolute Gasteiger partial charge is 0.189 e. The van der Waals surface area contributed by atoms with Crippen molar-refractivity contribution < 1.29 is 0 Å². The van der Waals surface area contributed by atoms with Crippen LogP contribution in [0.1, 0.15) is 27.7 Å². The molecule has 70 valence electrons. The van der Waals surface area contributed by atoms with Gasteiger partial charge in [-0.3, -0.25) is 0 Å². The van der Waals surface area contributed by atoms with Gasteiger partial charge in [-0.05, 0) is 27.7 Å². The standard InChI is InChI=1S/C9H19N3/c1-6-7(2)11-8(10)12-9(3,4)5/h6-7H,1H2,2-5H3,(H3,10,11,12). The molecule has 0 rings (SSSR count). The summed E-state index contributed by atoms with van der Waals surface area (Å²) in [6.07, 6.45) is 1.75. The van der Waals surface area contributed by atoms with E-state index in [4.69, 9.17) is 5.73 Å². The molecule has 0 aromatic rings. The molecule has 0 bridgehead atoms. The molecule has 0 spiro atoms. The maximum absolute atomic E-state index is 5.63. The van der Waals surface area contributed by atoms with Crippen molar-refractivity contribution in [2.45, 2.75) is 39.3 Å². The van der Waals surface area contributed by atoms with Crippen molar-refractivity contribution in [2.24, 2.45) is 10.7 Å². The molecule has 3 heteroatoms. The molecule has 0 radical (unpaired) electrons. The van der Waals surface area contributed by atoms with Crippen LogP contribution in [-0.2, 0) is 0 Å². The third-order valence-electron chi connectivity index (χ3n) is 1.19. The van der Waals surface area contributed by atoms with Gasteiger partial charge in [0.15, 0.2) is 5.96 Å². The van der Waals surface area contributed by atoms with E-state index in [1.165, 1.54) is 0 Å². The molecule has 0 aliphatic heterocycles. The fourth-order valence-corrected chi connectivity index (χ4v) is 0.689. The van der Waals surface area contributed by atoms with Gasteiger partial charge in [0, 0.05) is 5.54 Å². The second-order valence-electron chi connectivity index (χ2n) is 3.87. The summed E-state index contributed by atoms with van der Waals surface area (Å²) >= 11 is 0. The second kappa shape index (κ2) is 4.14. The van der Waals surface area contributed by atoms with E-state index in [-0.39, 0.29) is 11.6 Å². The van der Waals surface area contributed by atoms with Gasteiger partial charge in [0.25, 0.3) is 0 Å². The quantitative estimate of drug-likeness (QED) is 0.371. The number of nitrogens with zero attached hydrogens (tertiary/aromatic N) is 1. The highest BCUT2D eigenvalue weighted by Gasteiger charge is 2.09. The summed E-state index contributed by atoms with van der Waals surface area (Å²) in [6.45, 7) is 11.7. The van der Waals surface area contributed by atoms with Crippen molar-refractivity contribution in [3.05, 3.63) is 12.7 Å². The first-order valence-electron chi connectivity index (χ1n) is 4.09. The van der Waals surface area contributed by atoms with Crippen LogP contribution in [0.25, 0.3) is 0 Å². The summed E-state index contributed by atoms with van der Waals surface area (Å²) in [5, 5.41) is 3.06. The summed E-state index contributed by atoms with van der Waals surface area (Å²) in [7, 11) is 0. The molecule has 12 heavy (non-hydrogen) atoms. The Kier molecular flexibility index (Phi) is 3.80. The zero-order valence-corrected chi connectivity index (χ0v) is 8.39. The van der Waals surface area contributed by atoms with E-state index >= 15 is 0 Å². The van der Waals surface area contributed by atoms with E-state index in [1.807, 2.05) is 27.7 Å². The highest BCUT2D eigenvalue weighted by Crippen LogP contribution is 1.98. The van der Waals surface area contributed by atoms with Gasteiger partial charge in [0.1, 0.15) is 0 Å². The van der Waals surface area contributed by atoms with Crippen LogP contribution >= 0.6 is 0 Å². The third-order valence-corrected chi connectivity index (χ3v) is 1.19. The first-order valence-corrected chi connectivity index (χ1v) is 4.09. The van der Waals surface area contributed by atoms with Crippen LogP contribution < -0.4 is 11.1 Å². The molecule has 0 amide bonds. The average molecular weight is 169 g/mol.